The van der Waals surface area contributed by atoms with E-state index >= 15 is 4.39 Å². The number of carboxylic acids is 1. The van der Waals surface area contributed by atoms with Gasteiger partial charge in [0.2, 0.25) is 5.78 Å². The average molecular weight is 540 g/mol. The van der Waals surface area contributed by atoms with Crippen molar-refractivity contribution in [3.63, 3.8) is 0 Å². The van der Waals surface area contributed by atoms with Gasteiger partial charge in [-0.3, -0.25) is 14.0 Å². The lowest BCUT2D eigenvalue weighted by atomic mass is 9.93. The molecular formula is C31H30FN5O3. The van der Waals surface area contributed by atoms with Crippen LogP contribution >= 0.6 is 0 Å². The highest BCUT2D eigenvalue weighted by molar-refractivity contribution is 5.93. The fourth-order valence-corrected chi connectivity index (χ4v) is 6.22. The lowest BCUT2D eigenvalue weighted by molar-refractivity contribution is -0.140. The van der Waals surface area contributed by atoms with Crippen molar-refractivity contribution in [2.45, 2.75) is 44.6 Å². The molecule has 3 aliphatic rings. The predicted molar refractivity (Wildman–Crippen MR) is 148 cm³/mol. The molecule has 2 aromatic heterocycles. The molecule has 1 amide bonds. The molecule has 0 unspecified atom stereocenters. The molecule has 204 valence electrons. The zero-order valence-corrected chi connectivity index (χ0v) is 22.3. The van der Waals surface area contributed by atoms with Gasteiger partial charge < -0.3 is 14.9 Å². The van der Waals surface area contributed by atoms with Crippen molar-refractivity contribution in [3.8, 4) is 11.3 Å². The number of imidazole rings is 1. The summed E-state index contributed by atoms with van der Waals surface area (Å²) in [6.45, 7) is 3.64. The van der Waals surface area contributed by atoms with Crippen LogP contribution in [-0.4, -0.2) is 55.9 Å². The topological polar surface area (TPSA) is 91.0 Å². The summed E-state index contributed by atoms with van der Waals surface area (Å²) in [7, 11) is 0. The summed E-state index contributed by atoms with van der Waals surface area (Å²) >= 11 is 0. The highest BCUT2D eigenvalue weighted by Crippen LogP contribution is 2.41. The van der Waals surface area contributed by atoms with Crippen LogP contribution in [0.15, 0.2) is 54.7 Å². The molecule has 40 heavy (non-hydrogen) atoms. The molecule has 1 aliphatic carbocycles. The fourth-order valence-electron chi connectivity index (χ4n) is 6.22. The van der Waals surface area contributed by atoms with Crippen LogP contribution in [-0.2, 0) is 11.2 Å². The van der Waals surface area contributed by atoms with E-state index in [9.17, 15) is 14.7 Å². The number of anilines is 1. The summed E-state index contributed by atoms with van der Waals surface area (Å²) < 4.78 is 17.3. The standard InChI is InChI=1S/C31H30FN5O3/c1-18-23-5-3-2-4-19(23)11-13-36(18)29(38)26-15-28(20-6-7-20)37-17-27(34-31(37)33-26)24-9-8-22(14-25(24)32)35-12-10-21(16-35)30(39)40/h2-5,8-9,14-15,17-18,20-21H,6-7,10-13,16H2,1H3,(H,39,40)/t18-,21+/m1/s1. The van der Waals surface area contributed by atoms with Gasteiger partial charge in [0.15, 0.2) is 0 Å². The molecule has 2 atom stereocenters. The summed E-state index contributed by atoms with van der Waals surface area (Å²) in [6.07, 6.45) is 5.22. The highest BCUT2D eigenvalue weighted by Gasteiger charge is 2.33. The molecule has 4 aromatic rings. The molecule has 4 heterocycles. The Bertz CT molecular complexity index is 1660. The third kappa shape index (κ3) is 4.20. The first-order valence-corrected chi connectivity index (χ1v) is 13.9. The van der Waals surface area contributed by atoms with Crippen LogP contribution in [0.1, 0.15) is 65.5 Å². The van der Waals surface area contributed by atoms with E-state index in [2.05, 4.69) is 29.0 Å². The Balaban J connectivity index is 1.21. The molecule has 1 saturated heterocycles. The van der Waals surface area contributed by atoms with Crippen LogP contribution in [0.3, 0.4) is 0 Å². The van der Waals surface area contributed by atoms with E-state index in [0.717, 1.165) is 25.0 Å². The Hall–Kier alpha value is -4.27. The molecular weight excluding hydrogens is 509 g/mol. The first-order valence-electron chi connectivity index (χ1n) is 13.9. The van der Waals surface area contributed by atoms with Gasteiger partial charge in [-0.25, -0.2) is 14.4 Å². The molecule has 7 rings (SSSR count). The molecule has 9 heteroatoms. The van der Waals surface area contributed by atoms with Crippen LogP contribution in [0, 0.1) is 11.7 Å². The van der Waals surface area contributed by atoms with Crippen LogP contribution in [0.2, 0.25) is 0 Å². The van der Waals surface area contributed by atoms with Crippen molar-refractivity contribution in [1.29, 1.82) is 0 Å². The average Bonchev–Trinajstić information content (AvgIpc) is 3.51. The first kappa shape index (κ1) is 24.7. The summed E-state index contributed by atoms with van der Waals surface area (Å²) in [6, 6.07) is 15.0. The Morgan fingerprint density at radius 2 is 1.85 bits per heavy atom. The van der Waals surface area contributed by atoms with Crippen molar-refractivity contribution in [1.82, 2.24) is 19.3 Å². The van der Waals surface area contributed by atoms with Gasteiger partial charge in [0.1, 0.15) is 11.5 Å². The van der Waals surface area contributed by atoms with Gasteiger partial charge in [0.05, 0.1) is 17.7 Å². The third-order valence-corrected chi connectivity index (χ3v) is 8.67. The second-order valence-electron chi connectivity index (χ2n) is 11.2. The van der Waals surface area contributed by atoms with Crippen molar-refractivity contribution in [2.75, 3.05) is 24.5 Å². The molecule has 1 N–H and O–H groups in total. The number of carboxylic acid groups (broad SMARTS) is 1. The number of carbonyl (C=O) groups is 2. The van der Waals surface area contributed by atoms with Crippen molar-refractivity contribution < 1.29 is 19.1 Å². The number of nitrogens with zero attached hydrogens (tertiary/aromatic N) is 5. The number of aromatic nitrogens is 3. The van der Waals surface area contributed by atoms with Crippen LogP contribution in [0.4, 0.5) is 10.1 Å². The molecule has 2 aliphatic heterocycles. The number of fused-ring (bicyclic) bond motifs is 2. The quantitative estimate of drug-likeness (QED) is 0.380. The minimum atomic E-state index is -0.819. The summed E-state index contributed by atoms with van der Waals surface area (Å²) in [5, 5.41) is 9.30. The molecule has 2 aromatic carbocycles. The maximum absolute atomic E-state index is 15.4. The lowest BCUT2D eigenvalue weighted by Crippen LogP contribution is -2.39. The summed E-state index contributed by atoms with van der Waals surface area (Å²) in [5.41, 5.74) is 5.25. The van der Waals surface area contributed by atoms with Crippen LogP contribution < -0.4 is 4.90 Å². The first-order chi connectivity index (χ1) is 19.4. The summed E-state index contributed by atoms with van der Waals surface area (Å²) in [5.74, 6) is -1.09. The maximum Gasteiger partial charge on any atom is 0.308 e. The van der Waals surface area contributed by atoms with E-state index in [0.29, 0.717) is 60.4 Å². The van der Waals surface area contributed by atoms with Gasteiger partial charge in [0, 0.05) is 42.8 Å². The zero-order valence-electron chi connectivity index (χ0n) is 22.3. The molecule has 2 fully saturated rings. The Morgan fingerprint density at radius 3 is 2.60 bits per heavy atom. The van der Waals surface area contributed by atoms with Gasteiger partial charge in [-0.05, 0) is 73.9 Å². The second-order valence-corrected chi connectivity index (χ2v) is 11.2. The van der Waals surface area contributed by atoms with E-state index in [-0.39, 0.29) is 11.9 Å². The number of rotatable bonds is 5. The SMILES string of the molecule is C[C@@H]1c2ccccc2CCN1C(=O)c1cc(C2CC2)n2cc(-c3ccc(N4CC[C@H](C(=O)O)C4)cc3F)nc2n1. The van der Waals surface area contributed by atoms with Gasteiger partial charge in [-0.2, -0.15) is 0 Å². The highest BCUT2D eigenvalue weighted by atomic mass is 19.1. The lowest BCUT2D eigenvalue weighted by Gasteiger charge is -2.35. The van der Waals surface area contributed by atoms with Gasteiger partial charge in [-0.1, -0.05) is 24.3 Å². The van der Waals surface area contributed by atoms with E-state index < -0.39 is 17.7 Å². The van der Waals surface area contributed by atoms with Crippen LogP contribution in [0.25, 0.3) is 17.0 Å². The Morgan fingerprint density at radius 1 is 1.02 bits per heavy atom. The van der Waals surface area contributed by atoms with Crippen molar-refractivity contribution >= 4 is 23.3 Å². The number of hydrogen-bond acceptors (Lipinski definition) is 5. The molecule has 0 radical (unpaired) electrons. The van der Waals surface area contributed by atoms with Gasteiger partial charge in [0.25, 0.3) is 5.91 Å². The smallest absolute Gasteiger partial charge is 0.308 e. The number of carbonyl (C=O) groups excluding carboxylic acids is 1. The molecule has 0 bridgehead atoms. The number of benzene rings is 2. The minimum absolute atomic E-state index is 0.0517. The Labute approximate surface area is 231 Å². The Kier molecular flexibility index (Phi) is 5.83. The van der Waals surface area contributed by atoms with E-state index in [1.165, 1.54) is 17.2 Å². The minimum Gasteiger partial charge on any atom is -0.481 e. The normalized spacial score (nSPS) is 20.6. The van der Waals surface area contributed by atoms with Crippen LogP contribution in [0.5, 0.6) is 0 Å². The molecule has 8 nitrogen and oxygen atoms in total. The van der Waals surface area contributed by atoms with Crippen molar-refractivity contribution in [2.24, 2.45) is 5.92 Å². The van der Waals surface area contributed by atoms with E-state index in [1.807, 2.05) is 38.5 Å². The van der Waals surface area contributed by atoms with Crippen molar-refractivity contribution in [3.05, 3.63) is 83.1 Å². The largest absolute Gasteiger partial charge is 0.481 e. The van der Waals surface area contributed by atoms with E-state index in [1.54, 1.807) is 12.3 Å². The van der Waals surface area contributed by atoms with E-state index in [4.69, 9.17) is 0 Å². The zero-order chi connectivity index (χ0) is 27.5. The fraction of sp³-hybridized carbons (Fsp3) is 0.355. The number of aliphatic carboxylic acids is 1. The van der Waals surface area contributed by atoms with Gasteiger partial charge >= 0.3 is 5.97 Å². The molecule has 1 saturated carbocycles. The van der Waals surface area contributed by atoms with Gasteiger partial charge in [-0.15, -0.1) is 0 Å². The number of amides is 1. The third-order valence-electron chi connectivity index (χ3n) is 8.67. The second kappa shape index (κ2) is 9.43. The monoisotopic (exact) mass is 539 g/mol. The molecule has 0 spiro atoms. The number of hydrogen-bond donors (Lipinski definition) is 1. The predicted octanol–water partition coefficient (Wildman–Crippen LogP) is 5.08. The maximum atomic E-state index is 15.4. The number of halogens is 1. The summed E-state index contributed by atoms with van der Waals surface area (Å²) in [4.78, 5) is 38.2.